The number of hydrogen-bond donors (Lipinski definition) is 1. The van der Waals surface area contributed by atoms with Gasteiger partial charge in [-0.2, -0.15) is 0 Å². The number of ether oxygens (including phenoxy) is 2. The summed E-state index contributed by atoms with van der Waals surface area (Å²) in [6.07, 6.45) is 5.15. The fourth-order valence-corrected chi connectivity index (χ4v) is 2.72. The van der Waals surface area contributed by atoms with Gasteiger partial charge in [0, 0.05) is 12.0 Å². The summed E-state index contributed by atoms with van der Waals surface area (Å²) in [7, 11) is 0. The van der Waals surface area contributed by atoms with Gasteiger partial charge in [0.1, 0.15) is 0 Å². The zero-order valence-corrected chi connectivity index (χ0v) is 11.6. The Labute approximate surface area is 115 Å². The number of benzene rings is 1. The number of fused-ring (bicyclic) bond motifs is 1. The van der Waals surface area contributed by atoms with Crippen LogP contribution in [0.15, 0.2) is 18.2 Å². The molecule has 2 unspecified atom stereocenters. The molecule has 2 atom stereocenters. The monoisotopic (exact) mass is 261 g/mol. The van der Waals surface area contributed by atoms with E-state index in [1.165, 1.54) is 24.8 Å². The molecule has 1 aromatic rings. The maximum absolute atomic E-state index is 6.31. The summed E-state index contributed by atoms with van der Waals surface area (Å²) >= 11 is 0. The molecule has 0 radical (unpaired) electrons. The predicted molar refractivity (Wildman–Crippen MR) is 75.5 cm³/mol. The molecule has 1 fully saturated rings. The lowest BCUT2D eigenvalue weighted by molar-refractivity contribution is 0.228. The van der Waals surface area contributed by atoms with Crippen molar-refractivity contribution in [2.75, 3.05) is 13.2 Å². The molecule has 3 rings (SSSR count). The third-order valence-corrected chi connectivity index (χ3v) is 4.25. The number of rotatable bonds is 3. The molecule has 0 bridgehead atoms. The Kier molecular flexibility index (Phi) is 3.65. The van der Waals surface area contributed by atoms with Gasteiger partial charge in [-0.3, -0.25) is 0 Å². The average molecular weight is 261 g/mol. The molecule has 2 N–H and O–H groups in total. The van der Waals surface area contributed by atoms with E-state index in [2.05, 4.69) is 19.1 Å². The summed E-state index contributed by atoms with van der Waals surface area (Å²) in [5.41, 5.74) is 7.48. The molecule has 2 aliphatic rings. The largest absolute Gasteiger partial charge is 0.489 e. The molecule has 1 heterocycles. The standard InChI is InChI=1S/C16H23NO2/c1-11-9-18-15-6-5-13(8-16(15)19-10-11)14(17)7-12-3-2-4-12/h5-6,8,11-12,14H,2-4,7,9-10,17H2,1H3. The minimum Gasteiger partial charge on any atom is -0.489 e. The molecular formula is C16H23NO2. The van der Waals surface area contributed by atoms with E-state index >= 15 is 0 Å². The van der Waals surface area contributed by atoms with E-state index in [0.29, 0.717) is 12.5 Å². The molecule has 0 aromatic heterocycles. The van der Waals surface area contributed by atoms with E-state index < -0.39 is 0 Å². The van der Waals surface area contributed by atoms with Gasteiger partial charge >= 0.3 is 0 Å². The van der Waals surface area contributed by atoms with Gasteiger partial charge in [0.2, 0.25) is 0 Å². The van der Waals surface area contributed by atoms with Gasteiger partial charge in [0.15, 0.2) is 11.5 Å². The SMILES string of the molecule is CC1COc2ccc(C(N)CC3CCC3)cc2OC1. The van der Waals surface area contributed by atoms with Crippen molar-refractivity contribution in [2.24, 2.45) is 17.6 Å². The van der Waals surface area contributed by atoms with Crippen LogP contribution in [0, 0.1) is 11.8 Å². The summed E-state index contributed by atoms with van der Waals surface area (Å²) in [5, 5.41) is 0. The van der Waals surface area contributed by atoms with Crippen molar-refractivity contribution in [3.05, 3.63) is 23.8 Å². The Bertz CT molecular complexity index is 442. The van der Waals surface area contributed by atoms with Crippen LogP contribution in [0.2, 0.25) is 0 Å². The van der Waals surface area contributed by atoms with Crippen LogP contribution in [-0.4, -0.2) is 13.2 Å². The molecule has 1 saturated carbocycles. The Morgan fingerprint density at radius 2 is 1.95 bits per heavy atom. The zero-order chi connectivity index (χ0) is 13.2. The molecule has 0 saturated heterocycles. The van der Waals surface area contributed by atoms with E-state index in [1.54, 1.807) is 0 Å². The smallest absolute Gasteiger partial charge is 0.161 e. The fourth-order valence-electron chi connectivity index (χ4n) is 2.72. The maximum atomic E-state index is 6.31. The highest BCUT2D eigenvalue weighted by Crippen LogP contribution is 2.37. The maximum Gasteiger partial charge on any atom is 0.161 e. The summed E-state index contributed by atoms with van der Waals surface area (Å²) < 4.78 is 11.6. The first-order valence-corrected chi connectivity index (χ1v) is 7.37. The van der Waals surface area contributed by atoms with Crippen molar-refractivity contribution < 1.29 is 9.47 Å². The van der Waals surface area contributed by atoms with Gasteiger partial charge in [-0.1, -0.05) is 32.3 Å². The predicted octanol–water partition coefficient (Wildman–Crippen LogP) is 3.28. The minimum absolute atomic E-state index is 0.125. The molecule has 19 heavy (non-hydrogen) atoms. The summed E-state index contributed by atoms with van der Waals surface area (Å²) in [5.74, 6) is 2.96. The summed E-state index contributed by atoms with van der Waals surface area (Å²) in [6.45, 7) is 3.57. The first kappa shape index (κ1) is 12.8. The van der Waals surface area contributed by atoms with E-state index in [4.69, 9.17) is 15.2 Å². The second kappa shape index (κ2) is 5.41. The van der Waals surface area contributed by atoms with Crippen LogP contribution >= 0.6 is 0 Å². The first-order valence-electron chi connectivity index (χ1n) is 7.37. The van der Waals surface area contributed by atoms with Crippen molar-refractivity contribution >= 4 is 0 Å². The molecule has 3 heteroatoms. The normalized spacial score (nSPS) is 24.4. The fraction of sp³-hybridized carbons (Fsp3) is 0.625. The highest BCUT2D eigenvalue weighted by atomic mass is 16.5. The van der Waals surface area contributed by atoms with Crippen LogP contribution in [0.4, 0.5) is 0 Å². The van der Waals surface area contributed by atoms with Crippen LogP contribution in [0.5, 0.6) is 11.5 Å². The van der Waals surface area contributed by atoms with Crippen molar-refractivity contribution in [1.82, 2.24) is 0 Å². The van der Waals surface area contributed by atoms with Crippen molar-refractivity contribution in [3.8, 4) is 11.5 Å². The Balaban J connectivity index is 1.72. The molecule has 1 aliphatic heterocycles. The lowest BCUT2D eigenvalue weighted by atomic mass is 9.80. The Morgan fingerprint density at radius 3 is 2.63 bits per heavy atom. The second-order valence-electron chi connectivity index (χ2n) is 6.07. The van der Waals surface area contributed by atoms with Crippen LogP contribution in [0.1, 0.15) is 44.2 Å². The van der Waals surface area contributed by atoms with Crippen molar-refractivity contribution in [3.63, 3.8) is 0 Å². The molecular weight excluding hydrogens is 238 g/mol. The van der Waals surface area contributed by atoms with Crippen molar-refractivity contribution in [2.45, 2.75) is 38.6 Å². The Morgan fingerprint density at radius 1 is 1.21 bits per heavy atom. The molecule has 104 valence electrons. The van der Waals surface area contributed by atoms with Gasteiger partial charge in [-0.25, -0.2) is 0 Å². The molecule has 0 amide bonds. The molecule has 1 aromatic carbocycles. The van der Waals surface area contributed by atoms with Crippen molar-refractivity contribution in [1.29, 1.82) is 0 Å². The zero-order valence-electron chi connectivity index (χ0n) is 11.6. The van der Waals surface area contributed by atoms with Crippen LogP contribution in [-0.2, 0) is 0 Å². The van der Waals surface area contributed by atoms with Crippen LogP contribution in [0.25, 0.3) is 0 Å². The van der Waals surface area contributed by atoms with E-state index in [1.807, 2.05) is 6.07 Å². The second-order valence-corrected chi connectivity index (χ2v) is 6.07. The van der Waals surface area contributed by atoms with E-state index in [0.717, 1.165) is 30.4 Å². The van der Waals surface area contributed by atoms with Gasteiger partial charge in [0.05, 0.1) is 13.2 Å². The summed E-state index contributed by atoms with van der Waals surface area (Å²) in [4.78, 5) is 0. The lowest BCUT2D eigenvalue weighted by Gasteiger charge is -2.28. The quantitative estimate of drug-likeness (QED) is 0.908. The average Bonchev–Trinajstić information content (AvgIpc) is 2.55. The third kappa shape index (κ3) is 2.86. The lowest BCUT2D eigenvalue weighted by Crippen LogP contribution is -2.20. The topological polar surface area (TPSA) is 44.5 Å². The number of hydrogen-bond acceptors (Lipinski definition) is 3. The van der Waals surface area contributed by atoms with E-state index in [-0.39, 0.29) is 6.04 Å². The van der Waals surface area contributed by atoms with Crippen LogP contribution in [0.3, 0.4) is 0 Å². The Hall–Kier alpha value is -1.22. The van der Waals surface area contributed by atoms with Gasteiger partial charge < -0.3 is 15.2 Å². The van der Waals surface area contributed by atoms with Gasteiger partial charge in [0.25, 0.3) is 0 Å². The van der Waals surface area contributed by atoms with E-state index in [9.17, 15) is 0 Å². The van der Waals surface area contributed by atoms with Crippen LogP contribution < -0.4 is 15.2 Å². The highest BCUT2D eigenvalue weighted by molar-refractivity contribution is 5.44. The third-order valence-electron chi connectivity index (χ3n) is 4.25. The molecule has 0 spiro atoms. The molecule has 3 nitrogen and oxygen atoms in total. The minimum atomic E-state index is 0.125. The first-order chi connectivity index (χ1) is 9.22. The van der Waals surface area contributed by atoms with Gasteiger partial charge in [-0.05, 0) is 30.0 Å². The molecule has 1 aliphatic carbocycles. The number of nitrogens with two attached hydrogens (primary N) is 1. The van der Waals surface area contributed by atoms with Gasteiger partial charge in [-0.15, -0.1) is 0 Å². The summed E-state index contributed by atoms with van der Waals surface area (Å²) in [6, 6.07) is 6.28. The highest BCUT2D eigenvalue weighted by Gasteiger charge is 2.22.